The lowest BCUT2D eigenvalue weighted by Crippen LogP contribution is -2.18. The van der Waals surface area contributed by atoms with Crippen LogP contribution in [0.15, 0.2) is 36.4 Å². The van der Waals surface area contributed by atoms with Crippen LogP contribution in [0.4, 0.5) is 0 Å². The lowest BCUT2D eigenvalue weighted by atomic mass is 10.1. The summed E-state index contributed by atoms with van der Waals surface area (Å²) in [4.78, 5) is 0. The van der Waals surface area contributed by atoms with Gasteiger partial charge in [-0.2, -0.15) is 0 Å². The Labute approximate surface area is 134 Å². The smallest absolute Gasteiger partial charge is 0.179 e. The number of phenols is 1. The van der Waals surface area contributed by atoms with E-state index in [4.69, 9.17) is 21.1 Å². The molecule has 0 fully saturated rings. The van der Waals surface area contributed by atoms with E-state index in [1.165, 1.54) is 0 Å². The molecule has 0 spiro atoms. The molecule has 1 aliphatic rings. The number of rotatable bonds is 5. The molecule has 1 aliphatic heterocycles. The van der Waals surface area contributed by atoms with Gasteiger partial charge in [-0.3, -0.25) is 0 Å². The molecule has 0 radical (unpaired) electrons. The lowest BCUT2D eigenvalue weighted by molar-refractivity contribution is 0.171. The number of ether oxygens (including phenoxy) is 2. The summed E-state index contributed by atoms with van der Waals surface area (Å²) in [6.45, 7) is 2.62. The minimum atomic E-state index is 0.290. The van der Waals surface area contributed by atoms with Gasteiger partial charge in [0.1, 0.15) is 19.0 Å². The summed E-state index contributed by atoms with van der Waals surface area (Å²) in [6, 6.07) is 11.1. The predicted molar refractivity (Wildman–Crippen MR) is 86.0 cm³/mol. The van der Waals surface area contributed by atoms with Crippen molar-refractivity contribution in [2.75, 3.05) is 19.8 Å². The van der Waals surface area contributed by atoms with E-state index in [-0.39, 0.29) is 5.75 Å². The molecule has 2 N–H and O–H groups in total. The van der Waals surface area contributed by atoms with Gasteiger partial charge in [0.05, 0.1) is 5.02 Å². The van der Waals surface area contributed by atoms with Crippen LogP contribution in [-0.2, 0) is 13.0 Å². The third-order valence-corrected chi connectivity index (χ3v) is 3.77. The zero-order valence-corrected chi connectivity index (χ0v) is 12.9. The topological polar surface area (TPSA) is 50.7 Å². The Kier molecular flexibility index (Phi) is 4.71. The van der Waals surface area contributed by atoms with Crippen molar-refractivity contribution in [3.63, 3.8) is 0 Å². The van der Waals surface area contributed by atoms with Gasteiger partial charge in [-0.15, -0.1) is 0 Å². The maximum Gasteiger partial charge on any atom is 0.179 e. The van der Waals surface area contributed by atoms with Gasteiger partial charge in [0.2, 0.25) is 0 Å². The Morgan fingerprint density at radius 2 is 1.95 bits per heavy atom. The largest absolute Gasteiger partial charge is 0.508 e. The molecule has 0 aromatic heterocycles. The van der Waals surface area contributed by atoms with Crippen molar-refractivity contribution in [2.24, 2.45) is 0 Å². The van der Waals surface area contributed by atoms with E-state index in [2.05, 4.69) is 5.32 Å². The summed E-state index contributed by atoms with van der Waals surface area (Å²) in [5.41, 5.74) is 2.16. The zero-order valence-electron chi connectivity index (χ0n) is 12.1. The van der Waals surface area contributed by atoms with E-state index in [9.17, 15) is 5.11 Å². The SMILES string of the molecule is Oc1cccc(CNCCc2cc(Cl)c3c(c2)OCCO3)c1. The average Bonchev–Trinajstić information content (AvgIpc) is 2.52. The van der Waals surface area contributed by atoms with Gasteiger partial charge in [-0.25, -0.2) is 0 Å². The number of halogens is 1. The summed E-state index contributed by atoms with van der Waals surface area (Å²) in [5, 5.41) is 13.4. The number of fused-ring (bicyclic) bond motifs is 1. The van der Waals surface area contributed by atoms with Crippen LogP contribution in [0, 0.1) is 0 Å². The fourth-order valence-electron chi connectivity index (χ4n) is 2.44. The van der Waals surface area contributed by atoms with Gasteiger partial charge in [0.15, 0.2) is 11.5 Å². The van der Waals surface area contributed by atoms with Crippen LogP contribution in [-0.4, -0.2) is 24.9 Å². The molecule has 2 aromatic carbocycles. The first-order chi connectivity index (χ1) is 10.7. The molecule has 4 nitrogen and oxygen atoms in total. The minimum absolute atomic E-state index is 0.290. The second-order valence-electron chi connectivity index (χ2n) is 5.20. The quantitative estimate of drug-likeness (QED) is 0.831. The van der Waals surface area contributed by atoms with E-state index in [1.54, 1.807) is 12.1 Å². The van der Waals surface area contributed by atoms with Gasteiger partial charge in [-0.1, -0.05) is 23.7 Å². The van der Waals surface area contributed by atoms with Gasteiger partial charge >= 0.3 is 0 Å². The fourth-order valence-corrected chi connectivity index (χ4v) is 2.73. The number of aromatic hydroxyl groups is 1. The van der Waals surface area contributed by atoms with Gasteiger partial charge in [-0.05, 0) is 48.4 Å². The lowest BCUT2D eigenvalue weighted by Gasteiger charge is -2.20. The first-order valence-electron chi connectivity index (χ1n) is 7.29. The molecule has 0 aliphatic carbocycles. The monoisotopic (exact) mass is 319 g/mol. The van der Waals surface area contributed by atoms with Crippen LogP contribution in [0.2, 0.25) is 5.02 Å². The maximum atomic E-state index is 9.42. The Morgan fingerprint density at radius 3 is 2.82 bits per heavy atom. The minimum Gasteiger partial charge on any atom is -0.508 e. The van der Waals surface area contributed by atoms with Crippen molar-refractivity contribution in [3.05, 3.63) is 52.5 Å². The highest BCUT2D eigenvalue weighted by Gasteiger charge is 2.16. The van der Waals surface area contributed by atoms with Gasteiger partial charge in [0, 0.05) is 6.54 Å². The molecule has 22 heavy (non-hydrogen) atoms. The summed E-state index contributed by atoms with van der Waals surface area (Å²) < 4.78 is 11.1. The molecular formula is C17H18ClNO3. The number of hydrogen-bond acceptors (Lipinski definition) is 4. The van der Waals surface area contributed by atoms with Crippen molar-refractivity contribution in [1.82, 2.24) is 5.32 Å². The van der Waals surface area contributed by atoms with Crippen molar-refractivity contribution >= 4 is 11.6 Å². The second kappa shape index (κ2) is 6.90. The highest BCUT2D eigenvalue weighted by atomic mass is 35.5. The molecule has 1 heterocycles. The third kappa shape index (κ3) is 3.64. The molecule has 2 aromatic rings. The molecule has 0 saturated heterocycles. The van der Waals surface area contributed by atoms with Crippen LogP contribution < -0.4 is 14.8 Å². The highest BCUT2D eigenvalue weighted by Crippen LogP contribution is 2.38. The normalized spacial score (nSPS) is 13.1. The molecule has 3 rings (SSSR count). The molecule has 0 saturated carbocycles. The van der Waals surface area contributed by atoms with E-state index in [1.807, 2.05) is 24.3 Å². The van der Waals surface area contributed by atoms with Gasteiger partial charge < -0.3 is 19.9 Å². The first kappa shape index (κ1) is 15.0. The second-order valence-corrected chi connectivity index (χ2v) is 5.61. The van der Waals surface area contributed by atoms with E-state index >= 15 is 0 Å². The average molecular weight is 320 g/mol. The van der Waals surface area contributed by atoms with E-state index in [0.29, 0.717) is 30.5 Å². The summed E-state index contributed by atoms with van der Waals surface area (Å²) in [5.74, 6) is 1.66. The van der Waals surface area contributed by atoms with Crippen LogP contribution in [0.1, 0.15) is 11.1 Å². The standard InChI is InChI=1S/C17H18ClNO3/c18-15-9-12(10-16-17(15)22-7-6-21-16)4-5-19-11-13-2-1-3-14(20)8-13/h1-3,8-10,19-20H,4-7,11H2. The molecule has 116 valence electrons. The van der Waals surface area contributed by atoms with Crippen molar-refractivity contribution in [2.45, 2.75) is 13.0 Å². The Bertz CT molecular complexity index is 660. The summed E-state index contributed by atoms with van der Waals surface area (Å²) in [6.07, 6.45) is 0.842. The zero-order chi connectivity index (χ0) is 15.4. The third-order valence-electron chi connectivity index (χ3n) is 3.49. The van der Waals surface area contributed by atoms with Crippen LogP contribution >= 0.6 is 11.6 Å². The van der Waals surface area contributed by atoms with Crippen molar-refractivity contribution < 1.29 is 14.6 Å². The number of phenolic OH excluding ortho intramolecular Hbond substituents is 1. The Hall–Kier alpha value is -1.91. The molecule has 0 unspecified atom stereocenters. The van der Waals surface area contributed by atoms with E-state index < -0.39 is 0 Å². The van der Waals surface area contributed by atoms with Crippen molar-refractivity contribution in [3.8, 4) is 17.2 Å². The molecule has 0 atom stereocenters. The van der Waals surface area contributed by atoms with Crippen LogP contribution in [0.3, 0.4) is 0 Å². The fraction of sp³-hybridized carbons (Fsp3) is 0.294. The molecule has 0 bridgehead atoms. The number of nitrogens with one attached hydrogen (secondary N) is 1. The summed E-state index contributed by atoms with van der Waals surface area (Å²) >= 11 is 6.22. The molecule has 0 amide bonds. The van der Waals surface area contributed by atoms with E-state index in [0.717, 1.165) is 29.8 Å². The Morgan fingerprint density at radius 1 is 1.09 bits per heavy atom. The van der Waals surface area contributed by atoms with Gasteiger partial charge in [0.25, 0.3) is 0 Å². The highest BCUT2D eigenvalue weighted by molar-refractivity contribution is 6.32. The number of benzene rings is 2. The summed E-state index contributed by atoms with van der Waals surface area (Å²) in [7, 11) is 0. The molecular weight excluding hydrogens is 302 g/mol. The molecule has 5 heteroatoms. The van der Waals surface area contributed by atoms with Crippen molar-refractivity contribution in [1.29, 1.82) is 0 Å². The first-order valence-corrected chi connectivity index (χ1v) is 7.67. The number of hydrogen-bond donors (Lipinski definition) is 2. The van der Waals surface area contributed by atoms with Crippen LogP contribution in [0.25, 0.3) is 0 Å². The van der Waals surface area contributed by atoms with Crippen LogP contribution in [0.5, 0.6) is 17.2 Å². The predicted octanol–water partition coefficient (Wildman–Crippen LogP) is 3.15. The Balaban J connectivity index is 1.54. The maximum absolute atomic E-state index is 9.42.